The summed E-state index contributed by atoms with van der Waals surface area (Å²) in [5.41, 5.74) is 1.35. The number of sulfonamides is 1. The third kappa shape index (κ3) is 4.60. The summed E-state index contributed by atoms with van der Waals surface area (Å²) in [6.07, 6.45) is 0. The Labute approximate surface area is 149 Å². The first-order chi connectivity index (χ1) is 11.6. The molecule has 6 heteroatoms. The largest absolute Gasteiger partial charge is 0.462 e. The molecule has 0 fully saturated rings. The van der Waals surface area contributed by atoms with Crippen molar-refractivity contribution in [2.75, 3.05) is 11.3 Å². The molecule has 5 nitrogen and oxygen atoms in total. The normalized spacial score (nSPS) is 11.8. The number of benzene rings is 2. The van der Waals surface area contributed by atoms with Crippen LogP contribution in [0.3, 0.4) is 0 Å². The molecule has 0 bridgehead atoms. The van der Waals surface area contributed by atoms with Gasteiger partial charge in [0.15, 0.2) is 0 Å². The van der Waals surface area contributed by atoms with Crippen LogP contribution in [0.15, 0.2) is 53.4 Å². The van der Waals surface area contributed by atoms with Gasteiger partial charge in [-0.1, -0.05) is 45.0 Å². The summed E-state index contributed by atoms with van der Waals surface area (Å²) in [5.74, 6) is -0.566. The van der Waals surface area contributed by atoms with Crippen molar-refractivity contribution in [1.29, 1.82) is 0 Å². The topological polar surface area (TPSA) is 72.5 Å². The molecule has 0 atom stereocenters. The zero-order chi connectivity index (χ0) is 18.7. The van der Waals surface area contributed by atoms with E-state index in [1.54, 1.807) is 43.3 Å². The maximum Gasteiger partial charge on any atom is 0.340 e. The van der Waals surface area contributed by atoms with Crippen molar-refractivity contribution in [3.8, 4) is 0 Å². The van der Waals surface area contributed by atoms with Crippen molar-refractivity contribution in [2.45, 2.75) is 38.0 Å². The van der Waals surface area contributed by atoms with Crippen molar-refractivity contribution >= 4 is 21.7 Å². The molecule has 2 aromatic rings. The van der Waals surface area contributed by atoms with Crippen molar-refractivity contribution in [3.05, 3.63) is 59.7 Å². The Morgan fingerprint density at radius 3 is 2.20 bits per heavy atom. The molecular formula is C19H23NO4S. The zero-order valence-electron chi connectivity index (χ0n) is 14.9. The molecule has 0 aromatic heterocycles. The molecule has 0 aliphatic rings. The van der Waals surface area contributed by atoms with Crippen LogP contribution in [-0.2, 0) is 20.2 Å². The van der Waals surface area contributed by atoms with Gasteiger partial charge in [0.05, 0.1) is 22.8 Å². The summed E-state index contributed by atoms with van der Waals surface area (Å²) >= 11 is 0. The maximum atomic E-state index is 12.6. The minimum absolute atomic E-state index is 0.0633. The van der Waals surface area contributed by atoms with Gasteiger partial charge in [0, 0.05) is 0 Å². The van der Waals surface area contributed by atoms with E-state index in [0.29, 0.717) is 0 Å². The van der Waals surface area contributed by atoms with Crippen LogP contribution in [0, 0.1) is 0 Å². The standard InChI is InChI=1S/C19H23NO4S/c1-5-24-18(21)16-8-6-7-9-17(16)20-25(22,23)15-12-10-14(11-13-15)19(2,3)4/h6-13,20H,5H2,1-4H3. The second-order valence-electron chi connectivity index (χ2n) is 6.65. The van der Waals surface area contributed by atoms with Gasteiger partial charge < -0.3 is 4.74 Å². The van der Waals surface area contributed by atoms with Crippen molar-refractivity contribution in [1.82, 2.24) is 0 Å². The Balaban J connectivity index is 2.32. The number of anilines is 1. The summed E-state index contributed by atoms with van der Waals surface area (Å²) in [6, 6.07) is 13.1. The molecular weight excluding hydrogens is 338 g/mol. The Hall–Kier alpha value is -2.34. The number of hydrogen-bond acceptors (Lipinski definition) is 4. The summed E-state index contributed by atoms with van der Waals surface area (Å²) in [4.78, 5) is 12.1. The van der Waals surface area contributed by atoms with Crippen LogP contribution >= 0.6 is 0 Å². The lowest BCUT2D eigenvalue weighted by molar-refractivity contribution is 0.0527. The second kappa shape index (κ2) is 7.27. The van der Waals surface area contributed by atoms with Gasteiger partial charge in [0.2, 0.25) is 0 Å². The number of ether oxygens (including phenoxy) is 1. The molecule has 1 N–H and O–H groups in total. The lowest BCUT2D eigenvalue weighted by atomic mass is 9.87. The maximum absolute atomic E-state index is 12.6. The van der Waals surface area contributed by atoms with Crippen LogP contribution in [0.2, 0.25) is 0 Å². The molecule has 0 aliphatic heterocycles. The monoisotopic (exact) mass is 361 g/mol. The van der Waals surface area contributed by atoms with E-state index >= 15 is 0 Å². The molecule has 0 spiro atoms. The molecule has 0 unspecified atom stereocenters. The van der Waals surface area contributed by atoms with E-state index in [0.717, 1.165) is 5.56 Å². The van der Waals surface area contributed by atoms with E-state index in [2.05, 4.69) is 25.5 Å². The Morgan fingerprint density at radius 2 is 1.64 bits per heavy atom. The molecule has 0 saturated heterocycles. The molecule has 0 radical (unpaired) electrons. The van der Waals surface area contributed by atoms with Gasteiger partial charge in [0.1, 0.15) is 0 Å². The highest BCUT2D eigenvalue weighted by Crippen LogP contribution is 2.25. The summed E-state index contributed by atoms with van der Waals surface area (Å²) in [7, 11) is -3.80. The van der Waals surface area contributed by atoms with E-state index in [1.807, 2.05) is 0 Å². The lowest BCUT2D eigenvalue weighted by Crippen LogP contribution is -2.17. The fraction of sp³-hybridized carbons (Fsp3) is 0.316. The van der Waals surface area contributed by atoms with Gasteiger partial charge in [-0.3, -0.25) is 4.72 Å². The van der Waals surface area contributed by atoms with E-state index in [9.17, 15) is 13.2 Å². The van der Waals surface area contributed by atoms with E-state index in [1.165, 1.54) is 12.1 Å². The highest BCUT2D eigenvalue weighted by atomic mass is 32.2. The fourth-order valence-electron chi connectivity index (χ4n) is 2.30. The van der Waals surface area contributed by atoms with E-state index < -0.39 is 16.0 Å². The van der Waals surface area contributed by atoms with Crippen molar-refractivity contribution in [2.24, 2.45) is 0 Å². The van der Waals surface area contributed by atoms with Crippen LogP contribution < -0.4 is 4.72 Å². The third-order valence-corrected chi connectivity index (χ3v) is 5.08. The first-order valence-corrected chi connectivity index (χ1v) is 9.53. The summed E-state index contributed by atoms with van der Waals surface area (Å²) in [5, 5.41) is 0. The Morgan fingerprint density at radius 1 is 1.04 bits per heavy atom. The van der Waals surface area contributed by atoms with Gasteiger partial charge in [-0.25, -0.2) is 13.2 Å². The van der Waals surface area contributed by atoms with Crippen LogP contribution in [0.4, 0.5) is 5.69 Å². The number of para-hydroxylation sites is 1. The predicted octanol–water partition coefficient (Wildman–Crippen LogP) is 3.96. The molecule has 2 rings (SSSR count). The summed E-state index contributed by atoms with van der Waals surface area (Å²) < 4.78 is 32.7. The minimum atomic E-state index is -3.80. The fourth-order valence-corrected chi connectivity index (χ4v) is 3.38. The first-order valence-electron chi connectivity index (χ1n) is 8.04. The van der Waals surface area contributed by atoms with Crippen LogP contribution in [0.25, 0.3) is 0 Å². The average molecular weight is 361 g/mol. The molecule has 2 aromatic carbocycles. The molecule has 0 aliphatic carbocycles. The highest BCUT2D eigenvalue weighted by molar-refractivity contribution is 7.92. The lowest BCUT2D eigenvalue weighted by Gasteiger charge is -2.19. The van der Waals surface area contributed by atoms with Crippen LogP contribution in [0.5, 0.6) is 0 Å². The molecule has 25 heavy (non-hydrogen) atoms. The van der Waals surface area contributed by atoms with Crippen LogP contribution in [-0.4, -0.2) is 21.0 Å². The molecule has 0 amide bonds. The number of rotatable bonds is 5. The smallest absolute Gasteiger partial charge is 0.340 e. The average Bonchev–Trinajstić information content (AvgIpc) is 2.54. The number of nitrogens with one attached hydrogen (secondary N) is 1. The van der Waals surface area contributed by atoms with Crippen LogP contribution in [0.1, 0.15) is 43.6 Å². The summed E-state index contributed by atoms with van der Waals surface area (Å²) in [6.45, 7) is 8.09. The van der Waals surface area contributed by atoms with Gasteiger partial charge in [-0.2, -0.15) is 0 Å². The van der Waals surface area contributed by atoms with Gasteiger partial charge >= 0.3 is 5.97 Å². The van der Waals surface area contributed by atoms with Crippen molar-refractivity contribution < 1.29 is 17.9 Å². The first kappa shape index (κ1) is 19.0. The SMILES string of the molecule is CCOC(=O)c1ccccc1NS(=O)(=O)c1ccc(C(C)(C)C)cc1. The Bertz CT molecular complexity index is 850. The highest BCUT2D eigenvalue weighted by Gasteiger charge is 2.20. The third-order valence-electron chi connectivity index (χ3n) is 3.70. The quantitative estimate of drug-likeness (QED) is 0.818. The number of hydrogen-bond donors (Lipinski definition) is 1. The minimum Gasteiger partial charge on any atom is -0.462 e. The van der Waals surface area contributed by atoms with Gasteiger partial charge in [-0.05, 0) is 42.2 Å². The molecule has 0 heterocycles. The van der Waals surface area contributed by atoms with E-state index in [4.69, 9.17) is 4.74 Å². The van der Waals surface area contributed by atoms with Gasteiger partial charge in [-0.15, -0.1) is 0 Å². The predicted molar refractivity (Wildman–Crippen MR) is 98.3 cm³/mol. The zero-order valence-corrected chi connectivity index (χ0v) is 15.7. The number of carbonyl (C=O) groups excluding carboxylic acids is 1. The van der Waals surface area contributed by atoms with Crippen molar-refractivity contribution in [3.63, 3.8) is 0 Å². The molecule has 134 valence electrons. The second-order valence-corrected chi connectivity index (χ2v) is 8.33. The number of esters is 1. The van der Waals surface area contributed by atoms with E-state index in [-0.39, 0.29) is 28.2 Å². The Kier molecular flexibility index (Phi) is 5.52. The molecule has 0 saturated carbocycles. The number of carbonyl (C=O) groups is 1. The van der Waals surface area contributed by atoms with Gasteiger partial charge in [0.25, 0.3) is 10.0 Å².